The maximum atomic E-state index is 10.7. The van der Waals surface area contributed by atoms with E-state index in [1.54, 1.807) is 20.4 Å². The average molecular weight is 428 g/mol. The fourth-order valence-electron chi connectivity index (χ4n) is 0.973. The first kappa shape index (κ1) is 19.3. The number of carbonyl (C=O) groups is 1. The number of rotatable bonds is 4. The molecule has 0 unspecified atom stereocenters. The Morgan fingerprint density at radius 1 is 1.40 bits per heavy atom. The van der Waals surface area contributed by atoms with Crippen LogP contribution in [-0.2, 0) is 23.1 Å². The number of aromatic carboxylic acids is 1. The van der Waals surface area contributed by atoms with Gasteiger partial charge in [-0.25, -0.2) is 0 Å². The smallest absolute Gasteiger partial charge is 1.00 e. The van der Waals surface area contributed by atoms with Gasteiger partial charge in [-0.3, -0.25) is 0 Å². The molecule has 2 nitrogen and oxygen atoms in total. The van der Waals surface area contributed by atoms with Crippen molar-refractivity contribution in [3.05, 3.63) is 29.8 Å². The van der Waals surface area contributed by atoms with Gasteiger partial charge in [0.05, 0.1) is 0 Å². The van der Waals surface area contributed by atoms with Crippen LogP contribution in [0.4, 0.5) is 0 Å². The standard InChI is InChI=1S/C7H6O2S.C2H5.Hg.2Na/c8-7(9)5-3-1-2-4-6(5)10;1-2;;;/h1-4,10H,(H,8,9);1H2,2H3;;;/q;;3*+1/p-2. The Morgan fingerprint density at radius 3 is 2.53 bits per heavy atom. The first-order valence-electron chi connectivity index (χ1n) is 4.19. The van der Waals surface area contributed by atoms with Crippen molar-refractivity contribution in [3.8, 4) is 0 Å². The minimum atomic E-state index is -1.06. The third-order valence-corrected chi connectivity index (χ3v) is 13.6. The van der Waals surface area contributed by atoms with Crippen LogP contribution in [0.5, 0.6) is 0 Å². The van der Waals surface area contributed by atoms with E-state index < -0.39 is 29.0 Å². The van der Waals surface area contributed by atoms with E-state index in [0.29, 0.717) is 5.56 Å². The van der Waals surface area contributed by atoms with Gasteiger partial charge < -0.3 is 0 Å². The van der Waals surface area contributed by atoms with E-state index in [1.807, 2.05) is 12.1 Å². The second kappa shape index (κ2) is 11.1. The van der Waals surface area contributed by atoms with E-state index in [-0.39, 0.29) is 59.1 Å². The fourth-order valence-corrected chi connectivity index (χ4v) is 9.76. The Bertz CT molecular complexity index is 310. The molecular formula is C9H9HgNa2O2S+. The first-order chi connectivity index (χ1) is 6.25. The summed E-state index contributed by atoms with van der Waals surface area (Å²) in [6.07, 6.45) is 0. The number of benzene rings is 1. The van der Waals surface area contributed by atoms with Crippen molar-refractivity contribution in [2.75, 3.05) is 0 Å². The van der Waals surface area contributed by atoms with Gasteiger partial charge in [-0.1, -0.05) is 0 Å². The number of carboxylic acids is 1. The predicted octanol–water partition coefficient (Wildman–Crippen LogP) is -4.41. The Labute approximate surface area is 149 Å². The maximum Gasteiger partial charge on any atom is 1.00 e. The van der Waals surface area contributed by atoms with Gasteiger partial charge >= 0.3 is 152 Å². The molecule has 0 spiro atoms. The van der Waals surface area contributed by atoms with Crippen LogP contribution >= 0.6 is 8.24 Å². The average Bonchev–Trinajstić information content (AvgIpc) is 2.15. The van der Waals surface area contributed by atoms with Gasteiger partial charge in [0.25, 0.3) is 0 Å². The minimum Gasteiger partial charge on any atom is 1.00 e. The van der Waals surface area contributed by atoms with E-state index in [0.717, 1.165) is 4.90 Å². The monoisotopic (exact) mass is 429 g/mol. The van der Waals surface area contributed by atoms with Crippen molar-refractivity contribution in [1.82, 2.24) is 0 Å². The van der Waals surface area contributed by atoms with Gasteiger partial charge in [0.2, 0.25) is 0 Å². The second-order valence-electron chi connectivity index (χ2n) is 2.63. The number of carboxylic acid groups (broad SMARTS) is 1. The van der Waals surface area contributed by atoms with Gasteiger partial charge in [-0.2, -0.15) is 0 Å². The van der Waals surface area contributed by atoms with Gasteiger partial charge in [-0.05, 0) is 0 Å². The summed E-state index contributed by atoms with van der Waals surface area (Å²) in [6, 6.07) is 7.09. The predicted molar refractivity (Wildman–Crippen MR) is 47.1 cm³/mol. The molecule has 0 N–H and O–H groups in total. The molecular weight excluding hydrogens is 419 g/mol. The molecule has 1 rings (SSSR count). The first-order valence-corrected chi connectivity index (χ1v) is 15.8. The molecule has 1 aromatic carbocycles. The zero-order chi connectivity index (χ0) is 9.68. The maximum absolute atomic E-state index is 10.7. The molecule has 0 amide bonds. The molecule has 0 aliphatic heterocycles. The molecule has 0 radical (unpaired) electrons. The van der Waals surface area contributed by atoms with Crippen LogP contribution in [0.15, 0.2) is 29.2 Å². The molecule has 0 aromatic heterocycles. The molecule has 0 bridgehead atoms. The van der Waals surface area contributed by atoms with Crippen molar-refractivity contribution in [1.29, 1.82) is 0 Å². The van der Waals surface area contributed by atoms with Gasteiger partial charge in [-0.15, -0.1) is 0 Å². The summed E-state index contributed by atoms with van der Waals surface area (Å²) in [6.45, 7) is 2.16. The zero-order valence-electron chi connectivity index (χ0n) is 9.45. The fraction of sp³-hybridized carbons (Fsp3) is 0.222. The van der Waals surface area contributed by atoms with E-state index in [1.165, 1.54) is 3.93 Å². The zero-order valence-corrected chi connectivity index (χ0v) is 19.8. The summed E-state index contributed by atoms with van der Waals surface area (Å²) >= 11 is -0.888. The van der Waals surface area contributed by atoms with Gasteiger partial charge in [0.1, 0.15) is 0 Å². The topological polar surface area (TPSA) is 40.1 Å². The SMILES string of the molecule is C[CH2][Hg][S]c1ccccc1C(=O)[O-].[Na+].[Na+]. The van der Waals surface area contributed by atoms with Crippen LogP contribution in [-0.4, -0.2) is 5.97 Å². The summed E-state index contributed by atoms with van der Waals surface area (Å²) in [5, 5.41) is 10.7. The van der Waals surface area contributed by atoms with Crippen LogP contribution < -0.4 is 64.2 Å². The van der Waals surface area contributed by atoms with Gasteiger partial charge in [0.15, 0.2) is 0 Å². The molecule has 15 heavy (non-hydrogen) atoms. The van der Waals surface area contributed by atoms with Crippen LogP contribution in [0.2, 0.25) is 3.93 Å². The molecule has 0 heterocycles. The van der Waals surface area contributed by atoms with E-state index >= 15 is 0 Å². The Kier molecular flexibility index (Phi) is 14.3. The Hall–Kier alpha value is 1.98. The molecule has 1 aromatic rings. The summed E-state index contributed by atoms with van der Waals surface area (Å²) in [5.74, 6) is -1.06. The van der Waals surface area contributed by atoms with Gasteiger partial charge in [0, 0.05) is 0 Å². The van der Waals surface area contributed by atoms with Crippen LogP contribution in [0.3, 0.4) is 0 Å². The van der Waals surface area contributed by atoms with Crippen LogP contribution in [0, 0.1) is 0 Å². The van der Waals surface area contributed by atoms with Crippen molar-refractivity contribution in [2.24, 2.45) is 0 Å². The summed E-state index contributed by atoms with van der Waals surface area (Å²) in [4.78, 5) is 11.6. The van der Waals surface area contributed by atoms with Crippen molar-refractivity contribution < 1.29 is 92.1 Å². The quantitative estimate of drug-likeness (QED) is 0.456. The minimum absolute atomic E-state index is 0. The molecule has 6 heteroatoms. The second-order valence-corrected chi connectivity index (χ2v) is 15.8. The van der Waals surface area contributed by atoms with E-state index in [9.17, 15) is 9.90 Å². The molecule has 0 saturated heterocycles. The third-order valence-electron chi connectivity index (χ3n) is 1.57. The molecule has 0 fully saturated rings. The number of hydrogen-bond acceptors (Lipinski definition) is 3. The number of carbonyl (C=O) groups excluding carboxylic acids is 1. The summed E-state index contributed by atoms with van der Waals surface area (Å²) in [7, 11) is 1.78. The molecule has 66 valence electrons. The largest absolute Gasteiger partial charge is 1.00 e. The van der Waals surface area contributed by atoms with Crippen molar-refractivity contribution in [2.45, 2.75) is 15.7 Å². The summed E-state index contributed by atoms with van der Waals surface area (Å²) < 4.78 is 1.26. The Morgan fingerprint density at radius 2 is 2.00 bits per heavy atom. The Balaban J connectivity index is 0. The van der Waals surface area contributed by atoms with Crippen molar-refractivity contribution >= 4 is 14.2 Å². The van der Waals surface area contributed by atoms with Crippen LogP contribution in [0.1, 0.15) is 17.3 Å². The molecule has 0 saturated carbocycles. The van der Waals surface area contributed by atoms with Crippen molar-refractivity contribution in [3.63, 3.8) is 0 Å². The third kappa shape index (κ3) is 7.09. The van der Waals surface area contributed by atoms with E-state index in [2.05, 4.69) is 6.92 Å². The normalized spacial score (nSPS) is 8.07. The van der Waals surface area contributed by atoms with Crippen LogP contribution in [0.25, 0.3) is 0 Å². The summed E-state index contributed by atoms with van der Waals surface area (Å²) in [5.41, 5.74) is 0.348. The van der Waals surface area contributed by atoms with E-state index in [4.69, 9.17) is 0 Å². The molecule has 0 aliphatic rings. The molecule has 0 atom stereocenters. The molecule has 0 aliphatic carbocycles. The number of hydrogen-bond donors (Lipinski definition) is 0.